The van der Waals surface area contributed by atoms with E-state index in [1.54, 1.807) is 16.8 Å². The molecule has 10 heteroatoms. The maximum absolute atomic E-state index is 14.4. The monoisotopic (exact) mass is 418 g/mol. The molecule has 29 heavy (non-hydrogen) atoms. The van der Waals surface area contributed by atoms with E-state index in [0.717, 1.165) is 18.9 Å². The molecule has 2 fully saturated rings. The van der Waals surface area contributed by atoms with Crippen molar-refractivity contribution < 1.29 is 13.9 Å². The Morgan fingerprint density at radius 2 is 2.14 bits per heavy atom. The standard InChI is InChI=1S/C19H20ClFN6O2/c1-19-10-23-17(24-15-13(20)7-11(9-22)8-14(15)21)25-16(19)27(18(28)26(19)2)12-3-5-29-6-4-12/h7-8,12H,3-6,10H2,1-2H3,(H,23,24). The minimum atomic E-state index is -0.675. The van der Waals surface area contributed by atoms with Gasteiger partial charge in [0, 0.05) is 26.3 Å². The number of urea groups is 1. The predicted molar refractivity (Wildman–Crippen MR) is 107 cm³/mol. The zero-order valence-electron chi connectivity index (χ0n) is 16.1. The number of ether oxygens (including phenoxy) is 1. The lowest BCUT2D eigenvalue weighted by atomic mass is 9.98. The number of aliphatic imine (C=N–C) groups is 2. The average molecular weight is 419 g/mol. The second-order valence-corrected chi connectivity index (χ2v) is 7.86. The number of halogens is 2. The van der Waals surface area contributed by atoms with E-state index in [1.807, 2.05) is 13.0 Å². The molecule has 3 aliphatic heterocycles. The summed E-state index contributed by atoms with van der Waals surface area (Å²) in [5.74, 6) is 0.0777. The molecule has 0 aromatic heterocycles. The summed E-state index contributed by atoms with van der Waals surface area (Å²) in [6.07, 6.45) is 1.45. The van der Waals surface area contributed by atoms with Gasteiger partial charge in [-0.1, -0.05) is 11.6 Å². The molecule has 1 atom stereocenters. The first kappa shape index (κ1) is 19.6. The van der Waals surface area contributed by atoms with Crippen LogP contribution in [0.5, 0.6) is 0 Å². The summed E-state index contributed by atoms with van der Waals surface area (Å²) in [6.45, 7) is 3.38. The second-order valence-electron chi connectivity index (χ2n) is 7.46. The molecule has 1 aromatic rings. The number of carbonyl (C=O) groups excluding carboxylic acids is 1. The largest absolute Gasteiger partial charge is 0.381 e. The van der Waals surface area contributed by atoms with Gasteiger partial charge in [0.05, 0.1) is 28.9 Å². The fourth-order valence-corrected chi connectivity index (χ4v) is 4.05. The van der Waals surface area contributed by atoms with Gasteiger partial charge < -0.3 is 15.0 Å². The Morgan fingerprint density at radius 3 is 2.79 bits per heavy atom. The number of amides is 2. The van der Waals surface area contributed by atoms with Gasteiger partial charge in [0.25, 0.3) is 0 Å². The lowest BCUT2D eigenvalue weighted by Crippen LogP contribution is -2.51. The third kappa shape index (κ3) is 3.22. The molecule has 4 rings (SSSR count). The number of amidine groups is 1. The molecule has 0 radical (unpaired) electrons. The summed E-state index contributed by atoms with van der Waals surface area (Å²) < 4.78 is 19.8. The molecule has 2 saturated heterocycles. The van der Waals surface area contributed by atoms with Crippen molar-refractivity contribution in [2.45, 2.75) is 31.3 Å². The van der Waals surface area contributed by atoms with Crippen molar-refractivity contribution in [1.29, 1.82) is 5.26 Å². The van der Waals surface area contributed by atoms with Gasteiger partial charge in [0.2, 0.25) is 5.96 Å². The summed E-state index contributed by atoms with van der Waals surface area (Å²) >= 11 is 6.12. The van der Waals surface area contributed by atoms with E-state index in [2.05, 4.69) is 15.3 Å². The molecule has 1 unspecified atom stereocenters. The van der Waals surface area contributed by atoms with Crippen LogP contribution >= 0.6 is 11.6 Å². The highest BCUT2D eigenvalue weighted by Crippen LogP contribution is 2.35. The molecule has 0 aliphatic carbocycles. The quantitative estimate of drug-likeness (QED) is 0.799. The maximum atomic E-state index is 14.4. The Morgan fingerprint density at radius 1 is 1.41 bits per heavy atom. The number of guanidine groups is 1. The van der Waals surface area contributed by atoms with Crippen molar-refractivity contribution in [2.75, 3.05) is 32.1 Å². The number of nitriles is 1. The van der Waals surface area contributed by atoms with Crippen LogP contribution in [-0.2, 0) is 4.74 Å². The van der Waals surface area contributed by atoms with E-state index < -0.39 is 11.4 Å². The molecule has 2 amide bonds. The predicted octanol–water partition coefficient (Wildman–Crippen LogP) is 2.84. The van der Waals surface area contributed by atoms with Gasteiger partial charge in [-0.05, 0) is 31.9 Å². The maximum Gasteiger partial charge on any atom is 0.326 e. The van der Waals surface area contributed by atoms with E-state index >= 15 is 0 Å². The minimum Gasteiger partial charge on any atom is -0.381 e. The Bertz CT molecular complexity index is 945. The molecule has 8 nitrogen and oxygen atoms in total. The third-order valence-corrected chi connectivity index (χ3v) is 5.95. The zero-order valence-corrected chi connectivity index (χ0v) is 16.8. The third-order valence-electron chi connectivity index (χ3n) is 5.66. The van der Waals surface area contributed by atoms with Crippen molar-refractivity contribution in [3.05, 3.63) is 28.5 Å². The van der Waals surface area contributed by atoms with Gasteiger partial charge in [-0.2, -0.15) is 10.3 Å². The van der Waals surface area contributed by atoms with Gasteiger partial charge in [-0.25, -0.2) is 14.2 Å². The summed E-state index contributed by atoms with van der Waals surface area (Å²) in [6, 6.07) is 4.19. The van der Waals surface area contributed by atoms with Gasteiger partial charge in [0.1, 0.15) is 17.2 Å². The normalized spacial score (nSPS) is 24.7. The van der Waals surface area contributed by atoms with Crippen LogP contribution in [0, 0.1) is 17.1 Å². The number of anilines is 1. The van der Waals surface area contributed by atoms with Gasteiger partial charge in [-0.3, -0.25) is 4.90 Å². The van der Waals surface area contributed by atoms with Crippen LogP contribution in [0.4, 0.5) is 14.9 Å². The summed E-state index contributed by atoms with van der Waals surface area (Å²) in [4.78, 5) is 25.3. The molecule has 1 N–H and O–H groups in total. The summed E-state index contributed by atoms with van der Waals surface area (Å²) in [7, 11) is 1.74. The van der Waals surface area contributed by atoms with Gasteiger partial charge in [-0.15, -0.1) is 0 Å². The number of carbonyl (C=O) groups is 1. The smallest absolute Gasteiger partial charge is 0.326 e. The Hall–Kier alpha value is -2.70. The fraction of sp³-hybridized carbons (Fsp3) is 0.474. The van der Waals surface area contributed by atoms with E-state index in [9.17, 15) is 9.18 Å². The van der Waals surface area contributed by atoms with Crippen molar-refractivity contribution in [3.8, 4) is 6.07 Å². The van der Waals surface area contributed by atoms with E-state index in [0.29, 0.717) is 19.0 Å². The first-order chi connectivity index (χ1) is 13.8. The number of fused-ring (bicyclic) bond motifs is 1. The number of likely N-dealkylation sites (N-methyl/N-ethyl adjacent to an activating group) is 1. The summed E-state index contributed by atoms with van der Waals surface area (Å²) in [5, 5.41) is 11.8. The highest BCUT2D eigenvalue weighted by molar-refractivity contribution is 6.34. The molecule has 1 aromatic carbocycles. The highest BCUT2D eigenvalue weighted by atomic mass is 35.5. The van der Waals surface area contributed by atoms with Crippen molar-refractivity contribution >= 4 is 35.1 Å². The van der Waals surface area contributed by atoms with Gasteiger partial charge >= 0.3 is 6.03 Å². The number of hydrogen-bond acceptors (Lipinski definition) is 6. The molecule has 0 spiro atoms. The molecule has 3 aliphatic rings. The summed E-state index contributed by atoms with van der Waals surface area (Å²) in [5.41, 5.74) is -0.558. The topological polar surface area (TPSA) is 93.3 Å². The number of rotatable bonds is 2. The molecule has 152 valence electrons. The van der Waals surface area contributed by atoms with Crippen LogP contribution in [0.3, 0.4) is 0 Å². The van der Waals surface area contributed by atoms with Crippen LogP contribution in [-0.4, -0.2) is 66.0 Å². The van der Waals surface area contributed by atoms with Crippen LogP contribution in [0.2, 0.25) is 5.02 Å². The Labute approximate surface area is 172 Å². The Balaban J connectivity index is 1.67. The number of nitrogens with zero attached hydrogens (tertiary/aromatic N) is 5. The van der Waals surface area contributed by atoms with Crippen LogP contribution in [0.15, 0.2) is 22.1 Å². The number of benzene rings is 1. The molecule has 0 bridgehead atoms. The SMILES string of the molecule is CN1C(=O)N(C2CCOCC2)C2=NC(Nc3c(F)cc(C#N)cc3Cl)=NCC21C. The average Bonchev–Trinajstić information content (AvgIpc) is 2.91. The molecule has 3 heterocycles. The second kappa shape index (κ2) is 7.28. The van der Waals surface area contributed by atoms with Crippen LogP contribution in [0.25, 0.3) is 0 Å². The molecular formula is C19H20ClFN6O2. The number of hydrogen-bond donors (Lipinski definition) is 1. The first-order valence-electron chi connectivity index (χ1n) is 9.29. The van der Waals surface area contributed by atoms with Crippen molar-refractivity contribution in [2.24, 2.45) is 9.98 Å². The van der Waals surface area contributed by atoms with Gasteiger partial charge in [0.15, 0.2) is 0 Å². The van der Waals surface area contributed by atoms with E-state index in [-0.39, 0.29) is 40.9 Å². The Kier molecular flexibility index (Phi) is 4.92. The zero-order chi connectivity index (χ0) is 20.8. The van der Waals surface area contributed by atoms with Crippen LogP contribution in [0.1, 0.15) is 25.3 Å². The minimum absolute atomic E-state index is 0.00568. The first-order valence-corrected chi connectivity index (χ1v) is 9.67. The highest BCUT2D eigenvalue weighted by Gasteiger charge is 2.54. The lowest BCUT2D eigenvalue weighted by Gasteiger charge is -2.34. The molecular weight excluding hydrogens is 399 g/mol. The molecule has 0 saturated carbocycles. The van der Waals surface area contributed by atoms with Crippen LogP contribution < -0.4 is 5.32 Å². The van der Waals surface area contributed by atoms with Crippen molar-refractivity contribution in [1.82, 2.24) is 9.80 Å². The van der Waals surface area contributed by atoms with Crippen molar-refractivity contribution in [3.63, 3.8) is 0 Å². The van der Waals surface area contributed by atoms with E-state index in [4.69, 9.17) is 21.6 Å². The lowest BCUT2D eigenvalue weighted by molar-refractivity contribution is 0.0617. The fourth-order valence-electron chi connectivity index (χ4n) is 3.80. The van der Waals surface area contributed by atoms with E-state index in [1.165, 1.54) is 6.07 Å². The number of nitrogens with one attached hydrogen (secondary N) is 1.